The molecule has 6 nitrogen and oxygen atoms in total. The average molecular weight is 339 g/mol. The van der Waals surface area contributed by atoms with Crippen LogP contribution >= 0.6 is 24.0 Å². The fourth-order valence-corrected chi connectivity index (χ4v) is 3.22. The summed E-state index contributed by atoms with van der Waals surface area (Å²) in [6, 6.07) is 1.63. The zero-order valence-corrected chi connectivity index (χ0v) is 13.4. The van der Waals surface area contributed by atoms with Crippen molar-refractivity contribution in [2.75, 3.05) is 6.54 Å². The van der Waals surface area contributed by atoms with Crippen LogP contribution in [0.2, 0.25) is 0 Å². The second-order valence-electron chi connectivity index (χ2n) is 4.77. The van der Waals surface area contributed by atoms with Crippen LogP contribution in [0.15, 0.2) is 11.0 Å². The van der Waals surface area contributed by atoms with Gasteiger partial charge in [-0.05, 0) is 37.1 Å². The molecular formula is C14H13NO5S2. The number of rotatable bonds is 3. The molecule has 8 heteroatoms. The standard InChI is InChI=1S/C14H13NO5S2/c1-6-3-8(7(2)12(19)11(6)18)4-9-13(20)15(5-10(16)17)14(21)22-9/h3-4,18-19H,5H2,1-2H3,(H,16,17)/b9-4-. The predicted octanol–water partition coefficient (Wildman–Crippen LogP) is 2.00. The molecule has 1 aromatic carbocycles. The summed E-state index contributed by atoms with van der Waals surface area (Å²) in [5, 5.41) is 28.3. The van der Waals surface area contributed by atoms with Crippen molar-refractivity contribution in [1.82, 2.24) is 4.90 Å². The van der Waals surface area contributed by atoms with Crippen molar-refractivity contribution in [3.8, 4) is 11.5 Å². The lowest BCUT2D eigenvalue weighted by Gasteiger charge is -2.11. The number of hydrogen-bond acceptors (Lipinski definition) is 6. The monoisotopic (exact) mass is 339 g/mol. The Morgan fingerprint density at radius 1 is 1.36 bits per heavy atom. The summed E-state index contributed by atoms with van der Waals surface area (Å²) < 4.78 is 0.177. The maximum absolute atomic E-state index is 12.2. The number of benzene rings is 1. The topological polar surface area (TPSA) is 98.1 Å². The van der Waals surface area contributed by atoms with Crippen LogP contribution in [0.4, 0.5) is 0 Å². The number of phenolic OH excluding ortho intramolecular Hbond substituents is 2. The molecule has 1 aliphatic heterocycles. The molecule has 1 heterocycles. The number of amides is 1. The van der Waals surface area contributed by atoms with Gasteiger partial charge in [0.05, 0.1) is 4.91 Å². The van der Waals surface area contributed by atoms with E-state index in [4.69, 9.17) is 17.3 Å². The Hall–Kier alpha value is -2.06. The summed E-state index contributed by atoms with van der Waals surface area (Å²) in [7, 11) is 0. The van der Waals surface area contributed by atoms with Crippen LogP contribution in [0.3, 0.4) is 0 Å². The average Bonchev–Trinajstić information content (AvgIpc) is 2.69. The SMILES string of the molecule is Cc1cc(/C=C2\SC(=S)N(CC(=O)O)C2=O)c(C)c(O)c1O. The Morgan fingerprint density at radius 3 is 2.59 bits per heavy atom. The third-order valence-electron chi connectivity index (χ3n) is 3.21. The first-order valence-corrected chi connectivity index (χ1v) is 7.44. The summed E-state index contributed by atoms with van der Waals surface area (Å²) in [4.78, 5) is 24.2. The Labute approximate surface area is 136 Å². The number of phenols is 2. The number of nitrogens with zero attached hydrogens (tertiary/aromatic N) is 1. The molecular weight excluding hydrogens is 326 g/mol. The lowest BCUT2D eigenvalue weighted by molar-refractivity contribution is -0.140. The molecule has 0 atom stereocenters. The number of aryl methyl sites for hydroxylation is 1. The van der Waals surface area contributed by atoms with Crippen molar-refractivity contribution >= 4 is 46.3 Å². The summed E-state index contributed by atoms with van der Waals surface area (Å²) in [6.07, 6.45) is 1.53. The highest BCUT2D eigenvalue weighted by Gasteiger charge is 2.33. The molecule has 22 heavy (non-hydrogen) atoms. The van der Waals surface area contributed by atoms with Gasteiger partial charge >= 0.3 is 5.97 Å². The molecule has 0 aliphatic carbocycles. The lowest BCUT2D eigenvalue weighted by Crippen LogP contribution is -2.33. The van der Waals surface area contributed by atoms with Crippen LogP contribution in [0.1, 0.15) is 16.7 Å². The fraction of sp³-hybridized carbons (Fsp3) is 0.214. The number of carbonyl (C=O) groups excluding carboxylic acids is 1. The first kappa shape index (κ1) is 16.3. The maximum atomic E-state index is 12.2. The third kappa shape index (κ3) is 2.93. The van der Waals surface area contributed by atoms with E-state index in [1.165, 1.54) is 6.08 Å². The number of carboxylic acid groups (broad SMARTS) is 1. The molecule has 0 radical (unpaired) electrons. The van der Waals surface area contributed by atoms with Gasteiger partial charge in [-0.25, -0.2) is 0 Å². The van der Waals surface area contributed by atoms with Crippen LogP contribution < -0.4 is 0 Å². The third-order valence-corrected chi connectivity index (χ3v) is 4.59. The summed E-state index contributed by atoms with van der Waals surface area (Å²) >= 11 is 6.01. The molecule has 0 bridgehead atoms. The molecule has 1 aromatic rings. The van der Waals surface area contributed by atoms with Crippen LogP contribution in [0.25, 0.3) is 6.08 Å². The Bertz CT molecular complexity index is 726. The molecule has 3 N–H and O–H groups in total. The highest BCUT2D eigenvalue weighted by atomic mass is 32.2. The minimum absolute atomic E-state index is 0.177. The first-order chi connectivity index (χ1) is 10.2. The molecule has 0 unspecified atom stereocenters. The van der Waals surface area contributed by atoms with Crippen molar-refractivity contribution in [2.24, 2.45) is 0 Å². The van der Waals surface area contributed by atoms with E-state index < -0.39 is 18.4 Å². The Kier molecular flexibility index (Phi) is 4.43. The number of aliphatic carboxylic acids is 1. The van der Waals surface area contributed by atoms with E-state index in [9.17, 15) is 19.8 Å². The van der Waals surface area contributed by atoms with Gasteiger partial charge in [-0.3, -0.25) is 14.5 Å². The first-order valence-electron chi connectivity index (χ1n) is 6.21. The lowest BCUT2D eigenvalue weighted by atomic mass is 10.0. The van der Waals surface area contributed by atoms with E-state index >= 15 is 0 Å². The highest BCUT2D eigenvalue weighted by molar-refractivity contribution is 8.26. The van der Waals surface area contributed by atoms with E-state index in [-0.39, 0.29) is 20.7 Å². The van der Waals surface area contributed by atoms with Crippen LogP contribution in [-0.2, 0) is 9.59 Å². The Balaban J connectivity index is 2.41. The van der Waals surface area contributed by atoms with Gasteiger partial charge in [0.25, 0.3) is 5.91 Å². The van der Waals surface area contributed by atoms with Crippen molar-refractivity contribution < 1.29 is 24.9 Å². The van der Waals surface area contributed by atoms with Gasteiger partial charge in [0, 0.05) is 5.56 Å². The van der Waals surface area contributed by atoms with Crippen molar-refractivity contribution in [3.63, 3.8) is 0 Å². The molecule has 0 saturated carbocycles. The molecule has 0 aromatic heterocycles. The molecule has 1 fully saturated rings. The van der Waals surface area contributed by atoms with E-state index in [1.807, 2.05) is 0 Å². The van der Waals surface area contributed by atoms with E-state index in [2.05, 4.69) is 0 Å². The van der Waals surface area contributed by atoms with Crippen LogP contribution in [0, 0.1) is 13.8 Å². The van der Waals surface area contributed by atoms with Crippen molar-refractivity contribution in [1.29, 1.82) is 0 Å². The number of carboxylic acids is 1. The normalized spacial score (nSPS) is 16.6. The minimum Gasteiger partial charge on any atom is -0.504 e. The molecule has 1 amide bonds. The van der Waals surface area contributed by atoms with Crippen LogP contribution in [0.5, 0.6) is 11.5 Å². The van der Waals surface area contributed by atoms with E-state index in [0.29, 0.717) is 16.7 Å². The molecule has 1 saturated heterocycles. The van der Waals surface area contributed by atoms with E-state index in [1.54, 1.807) is 19.9 Å². The van der Waals surface area contributed by atoms with Gasteiger partial charge in [0.2, 0.25) is 0 Å². The Morgan fingerprint density at radius 2 is 2.00 bits per heavy atom. The number of carbonyl (C=O) groups is 2. The van der Waals surface area contributed by atoms with E-state index in [0.717, 1.165) is 16.7 Å². The van der Waals surface area contributed by atoms with Gasteiger partial charge in [-0.1, -0.05) is 24.0 Å². The van der Waals surface area contributed by atoms with Gasteiger partial charge in [0.15, 0.2) is 11.5 Å². The smallest absolute Gasteiger partial charge is 0.323 e. The van der Waals surface area contributed by atoms with Crippen molar-refractivity contribution in [3.05, 3.63) is 27.7 Å². The number of thioether (sulfide) groups is 1. The second-order valence-corrected chi connectivity index (χ2v) is 6.44. The quantitative estimate of drug-likeness (QED) is 0.440. The van der Waals surface area contributed by atoms with Gasteiger partial charge < -0.3 is 15.3 Å². The summed E-state index contributed by atoms with van der Waals surface area (Å²) in [5.41, 5.74) is 1.45. The maximum Gasteiger partial charge on any atom is 0.323 e. The molecule has 0 spiro atoms. The molecule has 2 rings (SSSR count). The van der Waals surface area contributed by atoms with Gasteiger partial charge in [0.1, 0.15) is 10.9 Å². The van der Waals surface area contributed by atoms with Gasteiger partial charge in [-0.2, -0.15) is 0 Å². The van der Waals surface area contributed by atoms with Gasteiger partial charge in [-0.15, -0.1) is 0 Å². The minimum atomic E-state index is -1.15. The largest absolute Gasteiger partial charge is 0.504 e. The second kappa shape index (κ2) is 5.98. The number of hydrogen-bond donors (Lipinski definition) is 3. The highest BCUT2D eigenvalue weighted by Crippen LogP contribution is 2.38. The number of aromatic hydroxyl groups is 2. The molecule has 1 aliphatic rings. The number of thiocarbonyl (C=S) groups is 1. The summed E-state index contributed by atoms with van der Waals surface area (Å²) in [6.45, 7) is 2.75. The molecule has 116 valence electrons. The zero-order chi connectivity index (χ0) is 16.6. The fourth-order valence-electron chi connectivity index (χ4n) is 1.97. The zero-order valence-electron chi connectivity index (χ0n) is 11.8. The summed E-state index contributed by atoms with van der Waals surface area (Å²) in [5.74, 6) is -2.07. The van der Waals surface area contributed by atoms with Crippen LogP contribution in [-0.4, -0.2) is 43.0 Å². The predicted molar refractivity (Wildman–Crippen MR) is 86.8 cm³/mol. The van der Waals surface area contributed by atoms with Crippen molar-refractivity contribution in [2.45, 2.75) is 13.8 Å².